The first-order valence-corrected chi connectivity index (χ1v) is 16.8. The van der Waals surface area contributed by atoms with Crippen molar-refractivity contribution >= 4 is 22.6 Å². The van der Waals surface area contributed by atoms with Crippen LogP contribution in [-0.2, 0) is 0 Å². The third-order valence-corrected chi connectivity index (χ3v) is 10.1. The van der Waals surface area contributed by atoms with E-state index in [0.29, 0.717) is 48.8 Å². The number of hydrogen-bond acceptors (Lipinski definition) is 6. The van der Waals surface area contributed by atoms with Gasteiger partial charge in [0.15, 0.2) is 5.65 Å². The van der Waals surface area contributed by atoms with E-state index in [1.807, 2.05) is 59.0 Å². The summed E-state index contributed by atoms with van der Waals surface area (Å²) >= 11 is 0. The van der Waals surface area contributed by atoms with E-state index in [1.165, 1.54) is 21.1 Å². The maximum atomic E-state index is 14.5. The van der Waals surface area contributed by atoms with Crippen LogP contribution in [0.4, 0.5) is 4.39 Å². The van der Waals surface area contributed by atoms with E-state index in [2.05, 4.69) is 39.5 Å². The van der Waals surface area contributed by atoms with Crippen LogP contribution in [0, 0.1) is 5.82 Å². The van der Waals surface area contributed by atoms with Gasteiger partial charge in [0.25, 0.3) is 11.5 Å². The average Bonchev–Trinajstić information content (AvgIpc) is 3.76. The van der Waals surface area contributed by atoms with E-state index in [-0.39, 0.29) is 23.0 Å². The third kappa shape index (κ3) is 5.73. The van der Waals surface area contributed by atoms with Gasteiger partial charge in [-0.05, 0) is 93.1 Å². The van der Waals surface area contributed by atoms with Crippen LogP contribution in [0.5, 0.6) is 0 Å². The van der Waals surface area contributed by atoms with Gasteiger partial charge in [-0.2, -0.15) is 0 Å². The number of nitrogens with zero attached hydrogens (tertiary/aromatic N) is 6. The monoisotopic (exact) mass is 657 g/mol. The van der Waals surface area contributed by atoms with Gasteiger partial charge in [-0.1, -0.05) is 48.5 Å². The number of nitrogens with one attached hydrogen (secondary N) is 1. The molecule has 248 valence electrons. The zero-order chi connectivity index (χ0) is 33.6. The van der Waals surface area contributed by atoms with Crippen LogP contribution >= 0.6 is 0 Å². The van der Waals surface area contributed by atoms with Crippen molar-refractivity contribution < 1.29 is 9.18 Å². The van der Waals surface area contributed by atoms with Gasteiger partial charge >= 0.3 is 5.69 Å². The Balaban J connectivity index is 1.04. The second-order valence-electron chi connectivity index (χ2n) is 13.2. The number of aromatic nitrogens is 5. The second-order valence-corrected chi connectivity index (χ2v) is 13.2. The molecule has 0 radical (unpaired) electrons. The number of fused-ring (bicyclic) bond motifs is 2. The summed E-state index contributed by atoms with van der Waals surface area (Å²) in [5.41, 5.74) is 3.67. The molecule has 1 amide bonds. The number of imidazole rings is 1. The van der Waals surface area contributed by atoms with Gasteiger partial charge in [0.2, 0.25) is 0 Å². The molecule has 49 heavy (non-hydrogen) atoms. The van der Waals surface area contributed by atoms with Crippen molar-refractivity contribution in [1.29, 1.82) is 0 Å². The van der Waals surface area contributed by atoms with E-state index in [0.717, 1.165) is 36.4 Å². The molecule has 1 aliphatic carbocycles. The fourth-order valence-electron chi connectivity index (χ4n) is 7.58. The summed E-state index contributed by atoms with van der Waals surface area (Å²) in [6.07, 6.45) is 9.24. The number of carbonyl (C=O) groups excluding carboxylic acids is 1. The van der Waals surface area contributed by atoms with Gasteiger partial charge in [0, 0.05) is 30.5 Å². The molecule has 2 fully saturated rings. The highest BCUT2D eigenvalue weighted by atomic mass is 19.1. The van der Waals surface area contributed by atoms with Gasteiger partial charge in [-0.15, -0.1) is 0 Å². The molecule has 2 aliphatic rings. The van der Waals surface area contributed by atoms with E-state index in [1.54, 1.807) is 12.3 Å². The highest BCUT2D eigenvalue weighted by molar-refractivity contribution is 5.93. The lowest BCUT2D eigenvalue weighted by molar-refractivity contribution is 0.0917. The van der Waals surface area contributed by atoms with Gasteiger partial charge in [-0.25, -0.2) is 23.7 Å². The van der Waals surface area contributed by atoms with Gasteiger partial charge in [0.05, 0.1) is 17.3 Å². The fourth-order valence-corrected chi connectivity index (χ4v) is 7.58. The Bertz CT molecular complexity index is 2320. The summed E-state index contributed by atoms with van der Waals surface area (Å²) in [6, 6.07) is 22.2. The maximum Gasteiger partial charge on any atom is 0.337 e. The molecule has 8 rings (SSSR count). The Morgan fingerprint density at radius 3 is 2.47 bits per heavy atom. The second kappa shape index (κ2) is 12.6. The summed E-state index contributed by atoms with van der Waals surface area (Å²) in [5, 5.41) is 3.15. The standard InChI is InChI=1S/C38H36FN7O3/c1-43-18-6-11-33(43)26-12-17-34-42-32(23-44(34)22-26)36(47)41-28-13-15-29(16-14-28)46-37(48)31-20-27(39)21-40-35(31)45(38(46)49)30-10-5-9-25(19-30)24-7-3-2-4-8-24/h2-5,7-10,12,17,19-23,28-29,33H,6,11,13-16,18H2,1H3,(H,41,47)/t28-,29+,33?. The van der Waals surface area contributed by atoms with Crippen LogP contribution < -0.4 is 16.6 Å². The maximum absolute atomic E-state index is 14.5. The number of pyridine rings is 2. The molecule has 6 aromatic rings. The smallest absolute Gasteiger partial charge is 0.337 e. The first kappa shape index (κ1) is 30.9. The summed E-state index contributed by atoms with van der Waals surface area (Å²) in [5.74, 6) is -0.906. The highest BCUT2D eigenvalue weighted by Gasteiger charge is 2.29. The van der Waals surface area contributed by atoms with Crippen LogP contribution in [0.2, 0.25) is 0 Å². The molecule has 1 saturated carbocycles. The molecule has 10 nitrogen and oxygen atoms in total. The number of benzene rings is 2. The molecule has 4 aromatic heterocycles. The van der Waals surface area contributed by atoms with Crippen molar-refractivity contribution in [3.63, 3.8) is 0 Å². The first-order valence-electron chi connectivity index (χ1n) is 16.8. The SMILES string of the molecule is CN1CCCC1c1ccc2nc(C(=O)N[C@H]3CC[C@@H](n4c(=O)c5cc(F)cnc5n(-c5cccc(-c6ccccc6)c5)c4=O)CC3)cn2c1. The van der Waals surface area contributed by atoms with Crippen molar-refractivity contribution in [2.75, 3.05) is 13.6 Å². The third-order valence-electron chi connectivity index (χ3n) is 10.1. The molecule has 5 heterocycles. The molecule has 0 spiro atoms. The zero-order valence-corrected chi connectivity index (χ0v) is 27.1. The lowest BCUT2D eigenvalue weighted by Gasteiger charge is -2.30. The van der Waals surface area contributed by atoms with E-state index in [9.17, 15) is 18.8 Å². The van der Waals surface area contributed by atoms with Crippen LogP contribution in [0.3, 0.4) is 0 Å². The van der Waals surface area contributed by atoms with Crippen LogP contribution in [-0.4, -0.2) is 53.9 Å². The summed E-state index contributed by atoms with van der Waals surface area (Å²) in [6.45, 7) is 1.08. The minimum absolute atomic E-state index is 0.0368. The Kier molecular flexibility index (Phi) is 7.91. The number of amides is 1. The van der Waals surface area contributed by atoms with Gasteiger partial charge in [-0.3, -0.25) is 19.1 Å². The Morgan fingerprint density at radius 1 is 0.898 bits per heavy atom. The molecule has 1 saturated heterocycles. The average molecular weight is 658 g/mol. The minimum Gasteiger partial charge on any atom is -0.348 e. The van der Waals surface area contributed by atoms with Crippen molar-refractivity contribution in [1.82, 2.24) is 33.7 Å². The van der Waals surface area contributed by atoms with E-state index in [4.69, 9.17) is 0 Å². The van der Waals surface area contributed by atoms with Crippen molar-refractivity contribution in [3.05, 3.63) is 129 Å². The Labute approximate surface area is 281 Å². The molecule has 1 aliphatic heterocycles. The zero-order valence-electron chi connectivity index (χ0n) is 27.1. The quantitative estimate of drug-likeness (QED) is 0.247. The lowest BCUT2D eigenvalue weighted by atomic mass is 9.90. The van der Waals surface area contributed by atoms with E-state index < -0.39 is 23.1 Å². The number of hydrogen-bond donors (Lipinski definition) is 1. The van der Waals surface area contributed by atoms with Crippen molar-refractivity contribution in [3.8, 4) is 16.8 Å². The fraction of sp³-hybridized carbons (Fsp3) is 0.289. The Morgan fingerprint density at radius 2 is 1.69 bits per heavy atom. The van der Waals surface area contributed by atoms with Gasteiger partial charge in [0.1, 0.15) is 17.2 Å². The highest BCUT2D eigenvalue weighted by Crippen LogP contribution is 2.31. The van der Waals surface area contributed by atoms with Gasteiger partial charge < -0.3 is 9.72 Å². The predicted octanol–water partition coefficient (Wildman–Crippen LogP) is 5.68. The van der Waals surface area contributed by atoms with Crippen molar-refractivity contribution in [2.24, 2.45) is 0 Å². The van der Waals surface area contributed by atoms with Crippen LogP contribution in [0.1, 0.15) is 66.7 Å². The number of likely N-dealkylation sites (tertiary alicyclic amines) is 1. The molecular formula is C38H36FN7O3. The molecule has 11 heteroatoms. The molecule has 1 unspecified atom stereocenters. The van der Waals surface area contributed by atoms with E-state index >= 15 is 0 Å². The molecule has 2 aromatic carbocycles. The molecule has 0 bridgehead atoms. The normalized spacial score (nSPS) is 19.8. The first-order chi connectivity index (χ1) is 23.8. The largest absolute Gasteiger partial charge is 0.348 e. The Hall–Kier alpha value is -5.42. The number of rotatable bonds is 6. The topological polar surface area (TPSA) is 107 Å². The van der Waals surface area contributed by atoms with Crippen LogP contribution in [0.15, 0.2) is 101 Å². The van der Waals surface area contributed by atoms with Crippen LogP contribution in [0.25, 0.3) is 33.5 Å². The summed E-state index contributed by atoms with van der Waals surface area (Å²) < 4.78 is 19.0. The summed E-state index contributed by atoms with van der Waals surface area (Å²) in [7, 11) is 2.14. The number of halogens is 1. The predicted molar refractivity (Wildman–Crippen MR) is 186 cm³/mol. The minimum atomic E-state index is -0.653. The summed E-state index contributed by atoms with van der Waals surface area (Å²) in [4.78, 5) is 52.4. The molecular weight excluding hydrogens is 621 g/mol. The van der Waals surface area contributed by atoms with Crippen molar-refractivity contribution in [2.45, 2.75) is 56.7 Å². The number of carbonyl (C=O) groups is 1. The molecule has 1 N–H and O–H groups in total. The lowest BCUT2D eigenvalue weighted by Crippen LogP contribution is -2.45. The molecule has 1 atom stereocenters.